The third-order valence-corrected chi connectivity index (χ3v) is 5.26. The van der Waals surface area contributed by atoms with Crippen LogP contribution in [0.4, 0.5) is 9.52 Å². The van der Waals surface area contributed by atoms with Crippen molar-refractivity contribution < 1.29 is 4.39 Å². The highest BCUT2D eigenvalue weighted by atomic mass is 32.1. The van der Waals surface area contributed by atoms with Gasteiger partial charge in [0.15, 0.2) is 5.13 Å². The molecule has 0 aliphatic carbocycles. The van der Waals surface area contributed by atoms with Crippen molar-refractivity contribution in [1.82, 2.24) is 9.88 Å². The van der Waals surface area contributed by atoms with Crippen LogP contribution in [0.2, 0.25) is 0 Å². The van der Waals surface area contributed by atoms with E-state index in [2.05, 4.69) is 16.8 Å². The number of benzene rings is 1. The molecule has 5 heteroatoms. The molecule has 1 atom stereocenters. The molecule has 118 valence electrons. The Hall–Kier alpha value is -1.46. The molecule has 1 aromatic carbocycles. The fraction of sp³-hybridized carbons (Fsp3) is 0.471. The predicted octanol–water partition coefficient (Wildman–Crippen LogP) is 4.08. The van der Waals surface area contributed by atoms with Crippen LogP contribution in [0.15, 0.2) is 18.2 Å². The minimum Gasteiger partial charge on any atom is -0.375 e. The first-order chi connectivity index (χ1) is 10.6. The first kappa shape index (κ1) is 15.4. The third-order valence-electron chi connectivity index (χ3n) is 4.39. The van der Waals surface area contributed by atoms with E-state index in [0.29, 0.717) is 11.2 Å². The summed E-state index contributed by atoms with van der Waals surface area (Å²) in [6, 6.07) is 5.76. The Morgan fingerprint density at radius 2 is 2.23 bits per heavy atom. The lowest BCUT2D eigenvalue weighted by Crippen LogP contribution is -2.25. The van der Waals surface area contributed by atoms with E-state index in [4.69, 9.17) is 5.73 Å². The molecule has 0 saturated carbocycles. The van der Waals surface area contributed by atoms with Crippen molar-refractivity contribution in [3.05, 3.63) is 34.5 Å². The molecular formula is C17H22FN3S. The average molecular weight is 319 g/mol. The molecule has 3 rings (SSSR count). The van der Waals surface area contributed by atoms with Crippen LogP contribution in [0.5, 0.6) is 0 Å². The number of rotatable bonds is 4. The van der Waals surface area contributed by atoms with Gasteiger partial charge in [0.2, 0.25) is 0 Å². The first-order valence-corrected chi connectivity index (χ1v) is 8.67. The van der Waals surface area contributed by atoms with Crippen molar-refractivity contribution in [2.45, 2.75) is 45.7 Å². The van der Waals surface area contributed by atoms with E-state index in [1.165, 1.54) is 24.2 Å². The molecule has 1 fully saturated rings. The molecule has 22 heavy (non-hydrogen) atoms. The van der Waals surface area contributed by atoms with E-state index in [-0.39, 0.29) is 5.82 Å². The second-order valence-corrected chi connectivity index (χ2v) is 7.10. The first-order valence-electron chi connectivity index (χ1n) is 7.86. The monoisotopic (exact) mass is 319 g/mol. The van der Waals surface area contributed by atoms with Crippen molar-refractivity contribution in [3.63, 3.8) is 0 Å². The Morgan fingerprint density at radius 1 is 1.41 bits per heavy atom. The van der Waals surface area contributed by atoms with E-state index in [9.17, 15) is 4.39 Å². The van der Waals surface area contributed by atoms with Crippen LogP contribution in [0.1, 0.15) is 37.1 Å². The lowest BCUT2D eigenvalue weighted by atomic mass is 10.1. The molecule has 1 aliphatic rings. The van der Waals surface area contributed by atoms with Gasteiger partial charge >= 0.3 is 0 Å². The number of hydrogen-bond acceptors (Lipinski definition) is 4. The van der Waals surface area contributed by atoms with Gasteiger partial charge in [0.05, 0.1) is 5.69 Å². The number of halogens is 1. The number of anilines is 1. The van der Waals surface area contributed by atoms with E-state index in [0.717, 1.165) is 41.2 Å². The maximum Gasteiger partial charge on any atom is 0.180 e. The van der Waals surface area contributed by atoms with E-state index in [1.54, 1.807) is 12.1 Å². The average Bonchev–Trinajstić information content (AvgIpc) is 3.05. The second-order valence-electron chi connectivity index (χ2n) is 5.99. The summed E-state index contributed by atoms with van der Waals surface area (Å²) in [4.78, 5) is 8.06. The molecule has 0 amide bonds. The van der Waals surface area contributed by atoms with Gasteiger partial charge in [0.1, 0.15) is 5.82 Å². The highest BCUT2D eigenvalue weighted by molar-refractivity contribution is 7.15. The summed E-state index contributed by atoms with van der Waals surface area (Å²) in [5.41, 5.74) is 8.60. The van der Waals surface area contributed by atoms with Gasteiger partial charge < -0.3 is 5.73 Å². The third kappa shape index (κ3) is 3.15. The summed E-state index contributed by atoms with van der Waals surface area (Å²) in [5, 5.41) is 0.555. The number of nitrogen functional groups attached to an aromatic ring is 1. The minimum atomic E-state index is -0.207. The fourth-order valence-corrected chi connectivity index (χ4v) is 3.99. The highest BCUT2D eigenvalue weighted by Crippen LogP contribution is 2.33. The fourth-order valence-electron chi connectivity index (χ4n) is 3.11. The number of aromatic nitrogens is 1. The van der Waals surface area contributed by atoms with Crippen LogP contribution in [-0.2, 0) is 13.0 Å². The van der Waals surface area contributed by atoms with Crippen molar-refractivity contribution in [1.29, 1.82) is 0 Å². The normalized spacial score (nSPS) is 19.0. The number of hydrogen-bond donors (Lipinski definition) is 1. The Bertz CT molecular complexity index is 668. The van der Waals surface area contributed by atoms with Crippen LogP contribution in [-0.4, -0.2) is 22.5 Å². The van der Waals surface area contributed by atoms with Gasteiger partial charge in [-0.1, -0.05) is 6.92 Å². The summed E-state index contributed by atoms with van der Waals surface area (Å²) in [6.07, 6.45) is 3.29. The van der Waals surface area contributed by atoms with Crippen LogP contribution in [0.25, 0.3) is 11.3 Å². The molecule has 2 heterocycles. The number of likely N-dealkylation sites (tertiary alicyclic amines) is 1. The lowest BCUT2D eigenvalue weighted by molar-refractivity contribution is 0.263. The molecular weight excluding hydrogens is 297 g/mol. The van der Waals surface area contributed by atoms with Gasteiger partial charge in [0, 0.05) is 23.0 Å². The van der Waals surface area contributed by atoms with Gasteiger partial charge in [-0.15, -0.1) is 11.3 Å². The smallest absolute Gasteiger partial charge is 0.180 e. The zero-order valence-electron chi connectivity index (χ0n) is 13.1. The number of thiazole rings is 1. The van der Waals surface area contributed by atoms with Crippen molar-refractivity contribution in [2.24, 2.45) is 0 Å². The molecule has 1 aromatic heterocycles. The molecule has 2 N–H and O–H groups in total. The molecule has 2 aromatic rings. The standard InChI is InChI=1S/C17H22FN3S/c1-3-12-7-13(9-14(18)8-12)16-15(22-17(19)20-16)10-21-6-4-5-11(21)2/h7-9,11H,3-6,10H2,1-2H3,(H2,19,20)/t11-/m1/s1. The van der Waals surface area contributed by atoms with E-state index in [1.807, 2.05) is 13.0 Å². The van der Waals surface area contributed by atoms with Gasteiger partial charge in [-0.2, -0.15) is 0 Å². The zero-order valence-corrected chi connectivity index (χ0v) is 13.9. The summed E-state index contributed by atoms with van der Waals surface area (Å²) >= 11 is 1.52. The Balaban J connectivity index is 1.95. The van der Waals surface area contributed by atoms with Crippen LogP contribution in [0.3, 0.4) is 0 Å². The van der Waals surface area contributed by atoms with E-state index >= 15 is 0 Å². The van der Waals surface area contributed by atoms with Crippen LogP contribution >= 0.6 is 11.3 Å². The Labute approximate surface area is 135 Å². The topological polar surface area (TPSA) is 42.1 Å². The molecule has 1 aliphatic heterocycles. The predicted molar refractivity (Wildman–Crippen MR) is 90.4 cm³/mol. The molecule has 0 spiro atoms. The molecule has 0 bridgehead atoms. The molecule has 0 unspecified atom stereocenters. The van der Waals surface area contributed by atoms with Crippen molar-refractivity contribution >= 4 is 16.5 Å². The quantitative estimate of drug-likeness (QED) is 0.923. The summed E-state index contributed by atoms with van der Waals surface area (Å²) < 4.78 is 13.8. The maximum atomic E-state index is 13.8. The van der Waals surface area contributed by atoms with Crippen LogP contribution in [0, 0.1) is 5.82 Å². The van der Waals surface area contributed by atoms with Gasteiger partial charge in [-0.25, -0.2) is 9.37 Å². The van der Waals surface area contributed by atoms with Crippen molar-refractivity contribution in [3.8, 4) is 11.3 Å². The van der Waals surface area contributed by atoms with Gasteiger partial charge in [-0.05, 0) is 56.5 Å². The lowest BCUT2D eigenvalue weighted by Gasteiger charge is -2.20. The van der Waals surface area contributed by atoms with Crippen LogP contribution < -0.4 is 5.73 Å². The minimum absolute atomic E-state index is 0.207. The van der Waals surface area contributed by atoms with Gasteiger partial charge in [0.25, 0.3) is 0 Å². The zero-order chi connectivity index (χ0) is 15.7. The van der Waals surface area contributed by atoms with Gasteiger partial charge in [-0.3, -0.25) is 4.90 Å². The highest BCUT2D eigenvalue weighted by Gasteiger charge is 2.23. The molecule has 3 nitrogen and oxygen atoms in total. The Morgan fingerprint density at radius 3 is 2.91 bits per heavy atom. The van der Waals surface area contributed by atoms with E-state index < -0.39 is 0 Å². The second kappa shape index (κ2) is 6.34. The summed E-state index contributed by atoms with van der Waals surface area (Å²) in [7, 11) is 0. The molecule has 0 radical (unpaired) electrons. The summed E-state index contributed by atoms with van der Waals surface area (Å²) in [5.74, 6) is -0.207. The number of nitrogens with zero attached hydrogens (tertiary/aromatic N) is 2. The molecule has 1 saturated heterocycles. The number of nitrogens with two attached hydrogens (primary N) is 1. The largest absolute Gasteiger partial charge is 0.375 e. The Kier molecular flexibility index (Phi) is 4.45. The maximum absolute atomic E-state index is 13.8. The SMILES string of the molecule is CCc1cc(F)cc(-c2nc(N)sc2CN2CCC[C@H]2C)c1. The number of aryl methyl sites for hydroxylation is 1. The van der Waals surface area contributed by atoms with Crippen molar-refractivity contribution in [2.75, 3.05) is 12.3 Å². The summed E-state index contributed by atoms with van der Waals surface area (Å²) in [6.45, 7) is 6.25.